The van der Waals surface area contributed by atoms with E-state index in [9.17, 15) is 0 Å². The van der Waals surface area contributed by atoms with Gasteiger partial charge >= 0.3 is 0 Å². The quantitative estimate of drug-likeness (QED) is 0.625. The topological polar surface area (TPSA) is 24.8 Å². The van der Waals surface area contributed by atoms with E-state index in [0.29, 0.717) is 0 Å². The summed E-state index contributed by atoms with van der Waals surface area (Å²) in [6, 6.07) is 10.2. The molecule has 0 N–H and O–H groups in total. The minimum atomic E-state index is 0.0340. The van der Waals surface area contributed by atoms with Crippen LogP contribution in [0.3, 0.4) is 0 Å². The summed E-state index contributed by atoms with van der Waals surface area (Å²) in [6.45, 7) is 1.92. The fraction of sp³-hybridized carbons (Fsp3) is 0.312. The lowest BCUT2D eigenvalue weighted by molar-refractivity contribution is 0.198. The Morgan fingerprint density at radius 1 is 1.38 bits per heavy atom. The van der Waals surface area contributed by atoms with Crippen LogP contribution in [-0.4, -0.2) is 24.8 Å². The lowest BCUT2D eigenvalue weighted by atomic mass is 10.0. The molecule has 1 aliphatic heterocycles. The number of hydrogen-bond acceptors (Lipinski definition) is 4. The van der Waals surface area contributed by atoms with Crippen molar-refractivity contribution in [3.8, 4) is 0 Å². The number of hydrogen-bond donors (Lipinski definition) is 0. The maximum absolute atomic E-state index is 6.37. The first-order chi connectivity index (χ1) is 10.3. The zero-order chi connectivity index (χ0) is 14.7. The maximum Gasteiger partial charge on any atom is 0.106 e. The Morgan fingerprint density at radius 2 is 2.24 bits per heavy atom. The zero-order valence-corrected chi connectivity index (χ0v) is 13.4. The molecular weight excluding hydrogens is 304 g/mol. The van der Waals surface area contributed by atoms with Crippen molar-refractivity contribution in [2.75, 3.05) is 13.7 Å². The maximum atomic E-state index is 6.37. The second kappa shape index (κ2) is 6.60. The minimum absolute atomic E-state index is 0.0340. The molecule has 0 saturated heterocycles. The number of nitrogens with zero attached hydrogens (tertiary/aromatic N) is 2. The van der Waals surface area contributed by atoms with Gasteiger partial charge in [0, 0.05) is 23.0 Å². The van der Waals surface area contributed by atoms with Gasteiger partial charge in [-0.3, -0.25) is 4.90 Å². The van der Waals surface area contributed by atoms with Crippen LogP contribution in [0.4, 0.5) is 0 Å². The molecule has 0 bridgehead atoms. The number of rotatable bonds is 4. The van der Waals surface area contributed by atoms with E-state index in [1.54, 1.807) is 7.11 Å². The van der Waals surface area contributed by atoms with E-state index in [1.807, 2.05) is 35.8 Å². The summed E-state index contributed by atoms with van der Waals surface area (Å²) in [7, 11) is 1.56. The van der Waals surface area contributed by atoms with Crippen LogP contribution in [0, 0.1) is 0 Å². The summed E-state index contributed by atoms with van der Waals surface area (Å²) in [6.07, 6.45) is 2.91. The highest BCUT2D eigenvalue weighted by Crippen LogP contribution is 2.32. The van der Waals surface area contributed by atoms with E-state index in [0.717, 1.165) is 30.1 Å². The highest BCUT2D eigenvalue weighted by molar-refractivity contribution is 7.10. The van der Waals surface area contributed by atoms with Gasteiger partial charge in [-0.2, -0.15) is 0 Å². The second-order valence-electron chi connectivity index (χ2n) is 4.99. The fourth-order valence-corrected chi connectivity index (χ4v) is 3.85. The molecule has 21 heavy (non-hydrogen) atoms. The number of fused-ring (bicyclic) bond motifs is 1. The standard InChI is InChI=1S/C16H17ClN2OS/c1-20-18-10-15(13-4-2-3-5-14(13)17)19-8-6-16-12(11-19)7-9-21-16/h2-5,7,9-10,15H,6,8,11H2,1H3/b18-10+. The van der Waals surface area contributed by atoms with Gasteiger partial charge < -0.3 is 4.84 Å². The monoisotopic (exact) mass is 320 g/mol. The molecule has 110 valence electrons. The molecule has 1 unspecified atom stereocenters. The molecule has 1 aliphatic rings. The number of benzene rings is 1. The molecule has 3 nitrogen and oxygen atoms in total. The summed E-state index contributed by atoms with van der Waals surface area (Å²) >= 11 is 8.21. The Hall–Kier alpha value is -1.36. The van der Waals surface area contributed by atoms with Crippen molar-refractivity contribution < 1.29 is 4.84 Å². The molecule has 2 aromatic rings. The molecule has 0 spiro atoms. The third-order valence-corrected chi connectivity index (χ3v) is 5.13. The predicted octanol–water partition coefficient (Wildman–Crippen LogP) is 4.13. The van der Waals surface area contributed by atoms with Crippen LogP contribution in [0.15, 0.2) is 40.9 Å². The van der Waals surface area contributed by atoms with Gasteiger partial charge in [-0.05, 0) is 35.1 Å². The predicted molar refractivity (Wildman–Crippen MR) is 88.1 cm³/mol. The molecule has 0 radical (unpaired) electrons. The van der Waals surface area contributed by atoms with Gasteiger partial charge in [0.2, 0.25) is 0 Å². The largest absolute Gasteiger partial charge is 0.399 e. The number of thiophene rings is 1. The molecule has 0 aliphatic carbocycles. The average Bonchev–Trinajstić information content (AvgIpc) is 2.97. The van der Waals surface area contributed by atoms with Crippen LogP contribution in [0.1, 0.15) is 22.0 Å². The fourth-order valence-electron chi connectivity index (χ4n) is 2.71. The molecule has 1 atom stereocenters. The van der Waals surface area contributed by atoms with E-state index in [4.69, 9.17) is 16.4 Å². The zero-order valence-electron chi connectivity index (χ0n) is 11.8. The Kier molecular flexibility index (Phi) is 4.58. The van der Waals surface area contributed by atoms with E-state index < -0.39 is 0 Å². The molecule has 1 aromatic heterocycles. The summed E-state index contributed by atoms with van der Waals surface area (Å²) in [5.74, 6) is 0. The molecular formula is C16H17ClN2OS. The molecule has 5 heteroatoms. The van der Waals surface area contributed by atoms with Crippen molar-refractivity contribution in [3.05, 3.63) is 56.7 Å². The number of oxime groups is 1. The third-order valence-electron chi connectivity index (χ3n) is 3.76. The van der Waals surface area contributed by atoms with Gasteiger partial charge in [0.25, 0.3) is 0 Å². The van der Waals surface area contributed by atoms with Crippen molar-refractivity contribution in [1.29, 1.82) is 0 Å². The SMILES string of the molecule is CO/N=C/C(c1ccccc1Cl)N1CCc2sccc2C1. The summed E-state index contributed by atoms with van der Waals surface area (Å²) in [5, 5.41) is 6.92. The second-order valence-corrected chi connectivity index (χ2v) is 6.40. The minimum Gasteiger partial charge on any atom is -0.399 e. The van der Waals surface area contributed by atoms with Crippen LogP contribution < -0.4 is 0 Å². The first-order valence-electron chi connectivity index (χ1n) is 6.90. The number of halogens is 1. The molecule has 0 saturated carbocycles. The Labute approximate surface area is 133 Å². The lowest BCUT2D eigenvalue weighted by Gasteiger charge is -2.32. The van der Waals surface area contributed by atoms with Gasteiger partial charge in [-0.1, -0.05) is 35.0 Å². The van der Waals surface area contributed by atoms with Gasteiger partial charge in [0.1, 0.15) is 7.11 Å². The normalized spacial score (nSPS) is 16.9. The van der Waals surface area contributed by atoms with E-state index in [2.05, 4.69) is 27.6 Å². The van der Waals surface area contributed by atoms with Crippen LogP contribution in [-0.2, 0) is 17.8 Å². The average molecular weight is 321 g/mol. The van der Waals surface area contributed by atoms with Gasteiger partial charge in [-0.15, -0.1) is 11.3 Å². The van der Waals surface area contributed by atoms with Crippen molar-refractivity contribution in [2.45, 2.75) is 19.0 Å². The van der Waals surface area contributed by atoms with Crippen LogP contribution in [0.5, 0.6) is 0 Å². The first kappa shape index (κ1) is 14.6. The lowest BCUT2D eigenvalue weighted by Crippen LogP contribution is -2.34. The Bertz CT molecular complexity index is 641. The van der Waals surface area contributed by atoms with Crippen molar-refractivity contribution >= 4 is 29.2 Å². The molecule has 0 fully saturated rings. The molecule has 1 aromatic carbocycles. The van der Waals surface area contributed by atoms with Crippen molar-refractivity contribution in [1.82, 2.24) is 4.90 Å². The van der Waals surface area contributed by atoms with E-state index in [-0.39, 0.29) is 6.04 Å². The van der Waals surface area contributed by atoms with Gasteiger partial charge in [0.15, 0.2) is 0 Å². The first-order valence-corrected chi connectivity index (χ1v) is 8.15. The summed E-state index contributed by atoms with van der Waals surface area (Å²) < 4.78 is 0. The van der Waals surface area contributed by atoms with E-state index >= 15 is 0 Å². The summed E-state index contributed by atoms with van der Waals surface area (Å²) in [5.41, 5.74) is 2.48. The van der Waals surface area contributed by atoms with Crippen LogP contribution in [0.25, 0.3) is 0 Å². The van der Waals surface area contributed by atoms with Gasteiger partial charge in [0.05, 0.1) is 12.3 Å². The van der Waals surface area contributed by atoms with Crippen LogP contribution >= 0.6 is 22.9 Å². The van der Waals surface area contributed by atoms with Crippen molar-refractivity contribution in [2.24, 2.45) is 5.16 Å². The molecule has 3 rings (SSSR count). The smallest absolute Gasteiger partial charge is 0.106 e. The molecule has 2 heterocycles. The van der Waals surface area contributed by atoms with Crippen molar-refractivity contribution in [3.63, 3.8) is 0 Å². The Morgan fingerprint density at radius 3 is 3.05 bits per heavy atom. The Balaban J connectivity index is 1.90. The van der Waals surface area contributed by atoms with Gasteiger partial charge in [-0.25, -0.2) is 0 Å². The summed E-state index contributed by atoms with van der Waals surface area (Å²) in [4.78, 5) is 8.76. The van der Waals surface area contributed by atoms with E-state index in [1.165, 1.54) is 10.4 Å². The highest BCUT2D eigenvalue weighted by atomic mass is 35.5. The molecule has 0 amide bonds. The third kappa shape index (κ3) is 3.12. The van der Waals surface area contributed by atoms with Crippen LogP contribution in [0.2, 0.25) is 5.02 Å². The highest BCUT2D eigenvalue weighted by Gasteiger charge is 2.25.